The lowest BCUT2D eigenvalue weighted by Gasteiger charge is -2.32. The molecule has 11 nitrogen and oxygen atoms in total. The van der Waals surface area contributed by atoms with Crippen molar-refractivity contribution < 1.29 is 19.4 Å². The number of aromatic nitrogens is 3. The summed E-state index contributed by atoms with van der Waals surface area (Å²) in [5, 5.41) is 17.9. The van der Waals surface area contributed by atoms with Crippen LogP contribution in [-0.4, -0.2) is 67.8 Å². The fraction of sp³-hybridized carbons (Fsp3) is 0.545. The third kappa shape index (κ3) is 4.45. The predicted octanol–water partition coefficient (Wildman–Crippen LogP) is 0.593. The Hall–Kier alpha value is -3.34. The van der Waals surface area contributed by atoms with Crippen molar-refractivity contribution in [1.29, 1.82) is 0 Å². The molecule has 2 aliphatic rings. The molecule has 2 amide bonds. The monoisotopic (exact) mass is 458 g/mol. The van der Waals surface area contributed by atoms with Gasteiger partial charge in [-0.05, 0) is 31.8 Å². The number of hydrogen-bond acceptors (Lipinski definition) is 7. The molecule has 1 aliphatic carbocycles. The molecule has 0 bridgehead atoms. The van der Waals surface area contributed by atoms with Crippen LogP contribution in [0.25, 0.3) is 11.7 Å². The Labute approximate surface area is 190 Å². The van der Waals surface area contributed by atoms with Crippen LogP contribution in [-0.2, 0) is 16.1 Å². The lowest BCUT2D eigenvalue weighted by molar-refractivity contribution is -0.133. The average molecular weight is 459 g/mol. The fourth-order valence-corrected chi connectivity index (χ4v) is 3.96. The molecule has 2 aromatic heterocycles. The van der Waals surface area contributed by atoms with E-state index in [2.05, 4.69) is 10.4 Å². The third-order valence-electron chi connectivity index (χ3n) is 5.80. The second-order valence-corrected chi connectivity index (χ2v) is 9.08. The van der Waals surface area contributed by atoms with E-state index in [1.165, 1.54) is 16.7 Å². The molecule has 3 heterocycles. The first-order valence-electron chi connectivity index (χ1n) is 11.2. The maximum atomic E-state index is 13.1. The molecule has 2 aromatic rings. The minimum Gasteiger partial charge on any atom is -0.494 e. The Morgan fingerprint density at radius 2 is 2.09 bits per heavy atom. The number of aromatic hydroxyl groups is 1. The van der Waals surface area contributed by atoms with Gasteiger partial charge in [0, 0.05) is 25.2 Å². The fourth-order valence-electron chi connectivity index (χ4n) is 3.96. The standard InChI is InChI=1S/C22H30N6O5/c1-12(2)10-27-20-15(6-7-16(29)26-8-9-33-11-13(26)3)18(23)25-28(20)22(32)17(21(27)31)19(30)24-14-4-5-14/h6-7,12-14,31H,4-5,8-11H2,1-3H3,(H2,23,25)(H,24,30). The summed E-state index contributed by atoms with van der Waals surface area (Å²) < 4.78 is 7.86. The van der Waals surface area contributed by atoms with Gasteiger partial charge in [0.2, 0.25) is 11.8 Å². The normalized spacial score (nSPS) is 19.0. The van der Waals surface area contributed by atoms with E-state index in [0.29, 0.717) is 31.9 Å². The van der Waals surface area contributed by atoms with E-state index in [1.54, 1.807) is 4.90 Å². The van der Waals surface area contributed by atoms with Crippen LogP contribution in [0.15, 0.2) is 10.9 Å². The molecule has 1 unspecified atom stereocenters. The van der Waals surface area contributed by atoms with Crippen molar-refractivity contribution in [2.45, 2.75) is 52.2 Å². The topological polar surface area (TPSA) is 144 Å². The van der Waals surface area contributed by atoms with E-state index in [0.717, 1.165) is 17.4 Å². The Bertz CT molecular complexity index is 1180. The number of fused-ring (bicyclic) bond motifs is 1. The summed E-state index contributed by atoms with van der Waals surface area (Å²) in [4.78, 5) is 40.3. The highest BCUT2D eigenvalue weighted by Gasteiger charge is 2.30. The molecule has 0 radical (unpaired) electrons. The maximum Gasteiger partial charge on any atom is 0.291 e. The van der Waals surface area contributed by atoms with E-state index >= 15 is 0 Å². The molecule has 1 atom stereocenters. The lowest BCUT2D eigenvalue weighted by Crippen LogP contribution is -2.46. The number of nitrogens with two attached hydrogens (primary N) is 1. The molecular formula is C22H30N6O5. The largest absolute Gasteiger partial charge is 0.494 e. The van der Waals surface area contributed by atoms with Crippen molar-refractivity contribution >= 4 is 29.4 Å². The Kier molecular flexibility index (Phi) is 6.15. The number of nitrogens with one attached hydrogen (secondary N) is 1. The molecule has 178 valence electrons. The van der Waals surface area contributed by atoms with Gasteiger partial charge in [-0.1, -0.05) is 13.8 Å². The summed E-state index contributed by atoms with van der Waals surface area (Å²) in [5.74, 6) is -1.20. The van der Waals surface area contributed by atoms with E-state index < -0.39 is 17.3 Å². The van der Waals surface area contributed by atoms with E-state index in [-0.39, 0.29) is 40.9 Å². The van der Waals surface area contributed by atoms with E-state index in [4.69, 9.17) is 10.5 Å². The first-order chi connectivity index (χ1) is 15.7. The van der Waals surface area contributed by atoms with Crippen LogP contribution in [0.1, 0.15) is 49.5 Å². The summed E-state index contributed by atoms with van der Waals surface area (Å²) in [6.07, 6.45) is 4.56. The van der Waals surface area contributed by atoms with Gasteiger partial charge in [-0.3, -0.25) is 19.0 Å². The number of carbonyl (C=O) groups is 2. The van der Waals surface area contributed by atoms with Crippen molar-refractivity contribution in [3.8, 4) is 5.88 Å². The number of hydrogen-bond donors (Lipinski definition) is 3. The number of morpholine rings is 1. The number of amides is 2. The summed E-state index contributed by atoms with van der Waals surface area (Å²) in [5.41, 5.74) is 5.54. The minimum atomic E-state index is -0.764. The second-order valence-electron chi connectivity index (χ2n) is 9.08. The minimum absolute atomic E-state index is 0.0142. The zero-order valence-corrected chi connectivity index (χ0v) is 19.1. The van der Waals surface area contributed by atoms with Crippen LogP contribution in [0.3, 0.4) is 0 Å². The van der Waals surface area contributed by atoms with Gasteiger partial charge >= 0.3 is 0 Å². The van der Waals surface area contributed by atoms with Crippen molar-refractivity contribution in [1.82, 2.24) is 24.4 Å². The summed E-state index contributed by atoms with van der Waals surface area (Å²) >= 11 is 0. The summed E-state index contributed by atoms with van der Waals surface area (Å²) in [7, 11) is 0. The van der Waals surface area contributed by atoms with Crippen LogP contribution in [0.5, 0.6) is 5.88 Å². The average Bonchev–Trinajstić information content (AvgIpc) is 3.50. The van der Waals surface area contributed by atoms with Gasteiger partial charge in [0.05, 0.1) is 24.8 Å². The van der Waals surface area contributed by atoms with Gasteiger partial charge in [-0.15, -0.1) is 5.10 Å². The zero-order chi connectivity index (χ0) is 23.9. The molecule has 4 N–H and O–H groups in total. The van der Waals surface area contributed by atoms with Crippen molar-refractivity contribution in [2.75, 3.05) is 25.5 Å². The molecule has 11 heteroatoms. The van der Waals surface area contributed by atoms with Gasteiger partial charge in [-0.2, -0.15) is 4.52 Å². The lowest BCUT2D eigenvalue weighted by atomic mass is 10.2. The SMILES string of the molecule is CC(C)Cn1c(O)c(C(=O)NC2CC2)c(=O)n2nc(N)c(C=CC(=O)N3CCOCC3C)c12. The smallest absolute Gasteiger partial charge is 0.291 e. The van der Waals surface area contributed by atoms with Crippen molar-refractivity contribution in [2.24, 2.45) is 5.92 Å². The molecule has 4 rings (SSSR count). The second kappa shape index (κ2) is 8.89. The highest BCUT2D eigenvalue weighted by molar-refractivity contribution is 5.97. The van der Waals surface area contributed by atoms with E-state index in [9.17, 15) is 19.5 Å². The molecule has 0 aromatic carbocycles. The van der Waals surface area contributed by atoms with Gasteiger partial charge < -0.3 is 25.8 Å². The van der Waals surface area contributed by atoms with Gasteiger partial charge in [0.1, 0.15) is 0 Å². The number of nitrogen functional groups attached to an aromatic ring is 1. The van der Waals surface area contributed by atoms with Crippen molar-refractivity contribution in [3.63, 3.8) is 0 Å². The van der Waals surface area contributed by atoms with Gasteiger partial charge in [0.15, 0.2) is 17.0 Å². The zero-order valence-electron chi connectivity index (χ0n) is 19.1. The van der Waals surface area contributed by atoms with Crippen LogP contribution in [0.2, 0.25) is 0 Å². The molecule has 1 saturated carbocycles. The molecule has 1 saturated heterocycles. The summed E-state index contributed by atoms with van der Waals surface area (Å²) in [6.45, 7) is 7.50. The van der Waals surface area contributed by atoms with Crippen LogP contribution in [0.4, 0.5) is 5.82 Å². The van der Waals surface area contributed by atoms with E-state index in [1.807, 2.05) is 20.8 Å². The number of rotatable bonds is 6. The highest BCUT2D eigenvalue weighted by Crippen LogP contribution is 2.27. The highest BCUT2D eigenvalue weighted by atomic mass is 16.5. The molecule has 33 heavy (non-hydrogen) atoms. The number of nitrogens with zero attached hydrogens (tertiary/aromatic N) is 4. The van der Waals surface area contributed by atoms with Crippen LogP contribution < -0.4 is 16.6 Å². The number of anilines is 1. The van der Waals surface area contributed by atoms with Crippen LogP contribution in [0, 0.1) is 5.92 Å². The Balaban J connectivity index is 1.80. The quantitative estimate of drug-likeness (QED) is 0.538. The van der Waals surface area contributed by atoms with Gasteiger partial charge in [-0.25, -0.2) is 0 Å². The first-order valence-corrected chi connectivity index (χ1v) is 11.2. The molecule has 2 fully saturated rings. The maximum absolute atomic E-state index is 13.1. The predicted molar refractivity (Wildman–Crippen MR) is 122 cm³/mol. The Morgan fingerprint density at radius 3 is 2.73 bits per heavy atom. The number of ether oxygens (including phenoxy) is 1. The van der Waals surface area contributed by atoms with Gasteiger partial charge in [0.25, 0.3) is 11.5 Å². The van der Waals surface area contributed by atoms with Crippen LogP contribution >= 0.6 is 0 Å². The molecular weight excluding hydrogens is 428 g/mol. The Morgan fingerprint density at radius 1 is 1.36 bits per heavy atom. The molecule has 0 spiro atoms. The summed E-state index contributed by atoms with van der Waals surface area (Å²) in [6, 6.07) is -0.0480. The first kappa shape index (κ1) is 22.8. The molecule has 1 aliphatic heterocycles. The van der Waals surface area contributed by atoms with Crippen molar-refractivity contribution in [3.05, 3.63) is 27.6 Å². The third-order valence-corrected chi connectivity index (χ3v) is 5.80. The number of carbonyl (C=O) groups excluding carboxylic acids is 2.